The van der Waals surface area contributed by atoms with E-state index in [1.165, 1.54) is 16.9 Å². The molecule has 0 unspecified atom stereocenters. The Morgan fingerprint density at radius 3 is 2.56 bits per heavy atom. The van der Waals surface area contributed by atoms with Gasteiger partial charge in [0.05, 0.1) is 13.2 Å². The quantitative estimate of drug-likeness (QED) is 0.417. The molecule has 2 amide bonds. The minimum absolute atomic E-state index is 0.0629. The van der Waals surface area contributed by atoms with Gasteiger partial charge in [0.1, 0.15) is 24.2 Å². The maximum absolute atomic E-state index is 13.8. The van der Waals surface area contributed by atoms with Crippen LogP contribution in [0.5, 0.6) is 0 Å². The van der Waals surface area contributed by atoms with Crippen LogP contribution in [0.1, 0.15) is 43.0 Å². The van der Waals surface area contributed by atoms with E-state index in [0.717, 1.165) is 38.8 Å². The number of furan rings is 1. The number of carbonyl (C=O) groups is 2. The van der Waals surface area contributed by atoms with Crippen molar-refractivity contribution in [3.05, 3.63) is 53.5 Å². The fourth-order valence-electron chi connectivity index (χ4n) is 5.12. The number of tetrazole rings is 1. The van der Waals surface area contributed by atoms with Crippen molar-refractivity contribution in [2.75, 3.05) is 39.4 Å². The molecule has 0 spiro atoms. The summed E-state index contributed by atoms with van der Waals surface area (Å²) in [4.78, 5) is 32.5. The molecule has 208 valence electrons. The topological polar surface area (TPSA) is 119 Å². The molecule has 1 aromatic carbocycles. The van der Waals surface area contributed by atoms with Crippen LogP contribution in [0, 0.1) is 12.7 Å². The predicted molar refractivity (Wildman–Crippen MR) is 139 cm³/mol. The van der Waals surface area contributed by atoms with Gasteiger partial charge in [-0.15, -0.1) is 10.2 Å². The zero-order valence-corrected chi connectivity index (χ0v) is 22.1. The van der Waals surface area contributed by atoms with Crippen molar-refractivity contribution in [1.82, 2.24) is 35.3 Å². The summed E-state index contributed by atoms with van der Waals surface area (Å²) in [5.74, 6) is 0.399. The molecule has 2 aromatic heterocycles. The molecule has 11 nitrogen and oxygen atoms in total. The van der Waals surface area contributed by atoms with Gasteiger partial charge in [-0.1, -0.05) is 25.0 Å². The minimum Gasteiger partial charge on any atom is -0.458 e. The summed E-state index contributed by atoms with van der Waals surface area (Å²) in [6.07, 6.45) is 3.92. The van der Waals surface area contributed by atoms with Crippen molar-refractivity contribution in [1.29, 1.82) is 0 Å². The van der Waals surface area contributed by atoms with E-state index in [1.807, 2.05) is 6.92 Å². The molecule has 1 aliphatic heterocycles. The molecule has 1 atom stereocenters. The monoisotopic (exact) mass is 539 g/mol. The van der Waals surface area contributed by atoms with Gasteiger partial charge in [-0.3, -0.25) is 14.5 Å². The van der Waals surface area contributed by atoms with E-state index < -0.39 is 11.9 Å². The summed E-state index contributed by atoms with van der Waals surface area (Å²) < 4.78 is 24.9. The Hall–Kier alpha value is -3.64. The number of nitrogens with zero attached hydrogens (tertiary/aromatic N) is 6. The molecule has 5 rings (SSSR count). The first-order chi connectivity index (χ1) is 19.0. The second-order valence-electron chi connectivity index (χ2n) is 10.0. The number of carbonyl (C=O) groups excluding carboxylic acids is 2. The van der Waals surface area contributed by atoms with Gasteiger partial charge in [-0.2, -0.15) is 4.80 Å². The Balaban J connectivity index is 1.40. The van der Waals surface area contributed by atoms with E-state index in [0.29, 0.717) is 36.8 Å². The molecule has 12 heteroatoms. The zero-order chi connectivity index (χ0) is 27.2. The van der Waals surface area contributed by atoms with Crippen LogP contribution in [-0.4, -0.2) is 87.3 Å². The van der Waals surface area contributed by atoms with Crippen molar-refractivity contribution in [2.45, 2.75) is 51.2 Å². The lowest BCUT2D eigenvalue weighted by molar-refractivity contribution is -0.142. The SMILES string of the molecule is Cc1ccc(-c2nnn(CC(=O)N(CCN3CCOCC3)[C@H](C(=O)NC3CCCC3)c3ccc(F)cc3)n2)o1. The zero-order valence-electron chi connectivity index (χ0n) is 22.1. The van der Waals surface area contributed by atoms with Gasteiger partial charge in [0.2, 0.25) is 17.6 Å². The normalized spacial score (nSPS) is 17.3. The summed E-state index contributed by atoms with van der Waals surface area (Å²) in [7, 11) is 0. The van der Waals surface area contributed by atoms with Gasteiger partial charge < -0.3 is 19.4 Å². The number of aromatic nitrogens is 4. The number of nitrogens with one attached hydrogen (secondary N) is 1. The van der Waals surface area contributed by atoms with Crippen LogP contribution >= 0.6 is 0 Å². The molecule has 0 bridgehead atoms. The van der Waals surface area contributed by atoms with Crippen LogP contribution in [0.4, 0.5) is 4.39 Å². The number of hydrogen-bond donors (Lipinski definition) is 1. The number of benzene rings is 1. The van der Waals surface area contributed by atoms with E-state index in [4.69, 9.17) is 9.15 Å². The molecule has 1 saturated carbocycles. The predicted octanol–water partition coefficient (Wildman–Crippen LogP) is 2.34. The maximum Gasteiger partial charge on any atom is 0.247 e. The van der Waals surface area contributed by atoms with Crippen molar-refractivity contribution < 1.29 is 23.1 Å². The first-order valence-corrected chi connectivity index (χ1v) is 13.5. The second kappa shape index (κ2) is 12.5. The lowest BCUT2D eigenvalue weighted by atomic mass is 10.0. The number of rotatable bonds is 10. The van der Waals surface area contributed by atoms with E-state index in [-0.39, 0.29) is 36.8 Å². The fraction of sp³-hybridized carbons (Fsp3) is 0.519. The molecule has 2 fully saturated rings. The number of aryl methyl sites for hydroxylation is 1. The number of halogens is 1. The van der Waals surface area contributed by atoms with E-state index >= 15 is 0 Å². The molecule has 1 saturated heterocycles. The molecular weight excluding hydrogens is 505 g/mol. The van der Waals surface area contributed by atoms with Crippen LogP contribution in [0.15, 0.2) is 40.8 Å². The molecule has 1 N–H and O–H groups in total. The molecule has 39 heavy (non-hydrogen) atoms. The highest BCUT2D eigenvalue weighted by Crippen LogP contribution is 2.25. The van der Waals surface area contributed by atoms with Gasteiger partial charge in [0, 0.05) is 32.2 Å². The van der Waals surface area contributed by atoms with Gasteiger partial charge in [-0.05, 0) is 54.8 Å². The largest absolute Gasteiger partial charge is 0.458 e. The molecule has 3 heterocycles. The van der Waals surface area contributed by atoms with Crippen LogP contribution in [-0.2, 0) is 20.9 Å². The number of amides is 2. The smallest absolute Gasteiger partial charge is 0.247 e. The van der Waals surface area contributed by atoms with E-state index in [1.54, 1.807) is 29.2 Å². The van der Waals surface area contributed by atoms with Crippen molar-refractivity contribution >= 4 is 11.8 Å². The highest BCUT2D eigenvalue weighted by Gasteiger charge is 2.34. The molecular formula is C27H34FN7O4. The third-order valence-electron chi connectivity index (χ3n) is 7.22. The second-order valence-corrected chi connectivity index (χ2v) is 10.0. The van der Waals surface area contributed by atoms with Crippen LogP contribution in [0.25, 0.3) is 11.6 Å². The summed E-state index contributed by atoms with van der Waals surface area (Å²) in [6.45, 7) is 5.18. The van der Waals surface area contributed by atoms with Gasteiger partial charge in [0.15, 0.2) is 5.76 Å². The van der Waals surface area contributed by atoms with E-state index in [9.17, 15) is 14.0 Å². The highest BCUT2D eigenvalue weighted by molar-refractivity contribution is 5.89. The number of morpholine rings is 1. The van der Waals surface area contributed by atoms with Crippen LogP contribution in [0.3, 0.4) is 0 Å². The summed E-state index contributed by atoms with van der Waals surface area (Å²) >= 11 is 0. The molecule has 1 aliphatic carbocycles. The first-order valence-electron chi connectivity index (χ1n) is 13.5. The average molecular weight is 540 g/mol. The maximum atomic E-state index is 13.8. The van der Waals surface area contributed by atoms with Crippen LogP contribution in [0.2, 0.25) is 0 Å². The van der Waals surface area contributed by atoms with Gasteiger partial charge in [-0.25, -0.2) is 4.39 Å². The Morgan fingerprint density at radius 2 is 1.87 bits per heavy atom. The lowest BCUT2D eigenvalue weighted by Crippen LogP contribution is -2.50. The molecule has 2 aliphatic rings. The summed E-state index contributed by atoms with van der Waals surface area (Å²) in [5, 5.41) is 15.5. The Morgan fingerprint density at radius 1 is 1.13 bits per heavy atom. The molecule has 3 aromatic rings. The molecule has 0 radical (unpaired) electrons. The first kappa shape index (κ1) is 26.9. The number of ether oxygens (including phenoxy) is 1. The third-order valence-corrected chi connectivity index (χ3v) is 7.22. The Labute approximate surface area is 226 Å². The average Bonchev–Trinajstić information content (AvgIpc) is 3.71. The summed E-state index contributed by atoms with van der Waals surface area (Å²) in [6, 6.07) is 8.42. The fourth-order valence-corrected chi connectivity index (χ4v) is 5.12. The summed E-state index contributed by atoms with van der Waals surface area (Å²) in [5.41, 5.74) is 0.542. The Kier molecular flexibility index (Phi) is 8.62. The number of hydrogen-bond acceptors (Lipinski definition) is 8. The third kappa shape index (κ3) is 6.87. The van der Waals surface area contributed by atoms with Gasteiger partial charge >= 0.3 is 0 Å². The van der Waals surface area contributed by atoms with Crippen molar-refractivity contribution in [3.8, 4) is 11.6 Å². The Bertz CT molecular complexity index is 1250. The van der Waals surface area contributed by atoms with Crippen molar-refractivity contribution in [3.63, 3.8) is 0 Å². The van der Waals surface area contributed by atoms with Gasteiger partial charge in [0.25, 0.3) is 0 Å². The minimum atomic E-state index is -0.935. The standard InChI is InChI=1S/C27H34FN7O4/c1-19-6-11-23(39-19)26-30-32-35(31-26)18-24(36)34(13-12-33-14-16-38-17-15-33)25(20-7-9-21(28)10-8-20)27(37)29-22-4-2-3-5-22/h6-11,22,25H,2-5,12-18H2,1H3,(H,29,37)/t25-/m0/s1. The van der Waals surface area contributed by atoms with Crippen molar-refractivity contribution in [2.24, 2.45) is 0 Å². The van der Waals surface area contributed by atoms with E-state index in [2.05, 4.69) is 25.6 Å². The highest BCUT2D eigenvalue weighted by atomic mass is 19.1. The lowest BCUT2D eigenvalue weighted by Gasteiger charge is -2.35. The van der Waals surface area contributed by atoms with Crippen LogP contribution < -0.4 is 5.32 Å².